The summed E-state index contributed by atoms with van der Waals surface area (Å²) in [7, 11) is -2.76. The topological polar surface area (TPSA) is 35.5 Å². The fourth-order valence-electron chi connectivity index (χ4n) is 4.00. The highest BCUT2D eigenvalue weighted by atomic mass is 31.2. The first-order chi connectivity index (χ1) is 8.79. The highest BCUT2D eigenvalue weighted by molar-refractivity contribution is 7.69. The van der Waals surface area contributed by atoms with E-state index < -0.39 is 7.87 Å². The summed E-state index contributed by atoms with van der Waals surface area (Å²) in [4.78, 5) is 13.3. The van der Waals surface area contributed by atoms with Crippen LogP contribution in [0.1, 0.15) is 25.7 Å². The molecule has 1 aromatic rings. The summed E-state index contributed by atoms with van der Waals surface area (Å²) in [5.41, 5.74) is 0. The molecule has 4 heteroatoms. The molecule has 3 aliphatic rings. The maximum Gasteiger partial charge on any atom is 0.208 e. The molecule has 0 radical (unpaired) electrons. The van der Waals surface area contributed by atoms with Gasteiger partial charge < -0.3 is 4.89 Å². The van der Waals surface area contributed by atoms with Gasteiger partial charge in [0.25, 0.3) is 0 Å². The van der Waals surface area contributed by atoms with Gasteiger partial charge in [0.1, 0.15) is 11.9 Å². The molecular weight excluding hydrogens is 245 g/mol. The van der Waals surface area contributed by atoms with Gasteiger partial charge in [-0.15, -0.1) is 4.67 Å². The third-order valence-corrected chi connectivity index (χ3v) is 7.42. The van der Waals surface area contributed by atoms with Gasteiger partial charge in [0.05, 0.1) is 12.1 Å². The Morgan fingerprint density at radius 3 is 2.89 bits per heavy atom. The van der Waals surface area contributed by atoms with Crippen molar-refractivity contribution in [2.24, 2.45) is 5.92 Å². The van der Waals surface area contributed by atoms with E-state index in [4.69, 9.17) is 4.52 Å². The second kappa shape index (κ2) is 4.01. The Morgan fingerprint density at radius 2 is 2.06 bits per heavy atom. The first kappa shape index (κ1) is 11.4. The smallest absolute Gasteiger partial charge is 0.208 e. The number of rotatable bonds is 1. The molecule has 18 heavy (non-hydrogen) atoms. The van der Waals surface area contributed by atoms with Gasteiger partial charge >= 0.3 is 0 Å². The van der Waals surface area contributed by atoms with Gasteiger partial charge in [-0.2, -0.15) is 0 Å². The lowest BCUT2D eigenvalue weighted by Crippen LogP contribution is -2.40. The Labute approximate surface area is 108 Å². The Kier molecular flexibility index (Phi) is 2.53. The van der Waals surface area contributed by atoms with Gasteiger partial charge in [-0.05, 0) is 37.3 Å². The van der Waals surface area contributed by atoms with Gasteiger partial charge in [-0.25, -0.2) is 4.52 Å². The molecule has 0 aromatic heterocycles. The molecular formula is C14H18NO2P. The van der Waals surface area contributed by atoms with Crippen molar-refractivity contribution in [3.05, 3.63) is 30.3 Å². The summed E-state index contributed by atoms with van der Waals surface area (Å²) < 4.78 is 8.03. The lowest BCUT2D eigenvalue weighted by Gasteiger charge is -2.34. The fourth-order valence-corrected chi connectivity index (χ4v) is 6.76. The largest absolute Gasteiger partial charge is 0.637 e. The summed E-state index contributed by atoms with van der Waals surface area (Å²) in [6, 6.07) is 10.7. The summed E-state index contributed by atoms with van der Waals surface area (Å²) in [5, 5.41) is 0.875. The number of benzene rings is 1. The van der Waals surface area contributed by atoms with Crippen molar-refractivity contribution in [3.8, 4) is 0 Å². The summed E-state index contributed by atoms with van der Waals surface area (Å²) >= 11 is 0. The quantitative estimate of drug-likeness (QED) is 0.724. The number of nitrogens with zero attached hydrogens (tertiary/aromatic N) is 1. The molecule has 1 aliphatic carbocycles. The van der Waals surface area contributed by atoms with Crippen molar-refractivity contribution in [3.63, 3.8) is 0 Å². The van der Waals surface area contributed by atoms with Crippen molar-refractivity contribution in [2.45, 2.75) is 37.8 Å². The minimum atomic E-state index is -2.76. The number of fused-ring (bicyclic) bond motifs is 3. The van der Waals surface area contributed by atoms with Gasteiger partial charge in [0.2, 0.25) is 7.87 Å². The van der Waals surface area contributed by atoms with E-state index in [1.807, 2.05) is 30.3 Å². The molecule has 4 rings (SSSR count). The van der Waals surface area contributed by atoms with E-state index >= 15 is 0 Å². The SMILES string of the molecule is [O-][P+]1(c2ccccc2)OC[C@H]2C[C@H]3CCC[C@H]3N21. The molecule has 2 aliphatic heterocycles. The van der Waals surface area contributed by atoms with Gasteiger partial charge in [0.15, 0.2) is 0 Å². The average molecular weight is 263 g/mol. The molecule has 2 saturated heterocycles. The predicted octanol–water partition coefficient (Wildman–Crippen LogP) is 1.71. The van der Waals surface area contributed by atoms with E-state index in [2.05, 4.69) is 4.67 Å². The van der Waals surface area contributed by atoms with Crippen LogP contribution >= 0.6 is 7.87 Å². The van der Waals surface area contributed by atoms with Crippen LogP contribution in [0.4, 0.5) is 0 Å². The molecule has 0 spiro atoms. The lowest BCUT2D eigenvalue weighted by molar-refractivity contribution is -0.195. The van der Waals surface area contributed by atoms with E-state index in [-0.39, 0.29) is 0 Å². The highest BCUT2D eigenvalue weighted by Gasteiger charge is 2.60. The maximum atomic E-state index is 13.3. The van der Waals surface area contributed by atoms with Gasteiger partial charge in [0, 0.05) is 0 Å². The van der Waals surface area contributed by atoms with Crippen LogP contribution in [0.3, 0.4) is 0 Å². The van der Waals surface area contributed by atoms with Crippen LogP contribution in [0, 0.1) is 5.92 Å². The summed E-state index contributed by atoms with van der Waals surface area (Å²) in [5.74, 6) is 0.760. The van der Waals surface area contributed by atoms with Gasteiger partial charge in [-0.1, -0.05) is 24.6 Å². The molecule has 3 fully saturated rings. The van der Waals surface area contributed by atoms with E-state index in [1.165, 1.54) is 25.7 Å². The first-order valence-electron chi connectivity index (χ1n) is 6.88. The minimum absolute atomic E-state index is 0.395. The molecule has 2 heterocycles. The van der Waals surface area contributed by atoms with E-state index in [0.717, 1.165) is 11.2 Å². The Hall–Kier alpha value is -0.470. The Bertz CT molecular complexity index is 454. The van der Waals surface area contributed by atoms with E-state index in [9.17, 15) is 4.89 Å². The van der Waals surface area contributed by atoms with Crippen molar-refractivity contribution in [1.29, 1.82) is 0 Å². The van der Waals surface area contributed by atoms with Crippen molar-refractivity contribution < 1.29 is 9.42 Å². The van der Waals surface area contributed by atoms with Crippen LogP contribution in [0.5, 0.6) is 0 Å². The lowest BCUT2D eigenvalue weighted by atomic mass is 10.0. The molecule has 96 valence electrons. The molecule has 0 amide bonds. The molecule has 3 nitrogen and oxygen atoms in total. The van der Waals surface area contributed by atoms with Crippen LogP contribution < -0.4 is 10.2 Å². The fraction of sp³-hybridized carbons (Fsp3) is 0.571. The maximum absolute atomic E-state index is 13.3. The third kappa shape index (κ3) is 1.45. The zero-order valence-corrected chi connectivity index (χ0v) is 11.3. The van der Waals surface area contributed by atoms with Crippen LogP contribution in [0.15, 0.2) is 30.3 Å². The number of hydrogen-bond acceptors (Lipinski definition) is 3. The summed E-state index contributed by atoms with van der Waals surface area (Å²) in [6.07, 6.45) is 4.97. The molecule has 1 unspecified atom stereocenters. The first-order valence-corrected chi connectivity index (χ1v) is 8.46. The minimum Gasteiger partial charge on any atom is -0.637 e. The van der Waals surface area contributed by atoms with Crippen LogP contribution in [-0.4, -0.2) is 23.4 Å². The molecule has 4 atom stereocenters. The van der Waals surface area contributed by atoms with Crippen LogP contribution in [0.25, 0.3) is 0 Å². The Balaban J connectivity index is 1.73. The standard InChI is InChI=1S/C14H18NO2P/c16-18(13-6-2-1-3-7-13)15-12(10-17-18)9-11-5-4-8-14(11)15/h1-3,6-7,11-12,14H,4-5,8-10H2/t11-,12-,14-,18?/m1/s1. The second-order valence-corrected chi connectivity index (χ2v) is 7.96. The third-order valence-electron chi connectivity index (χ3n) is 4.74. The normalized spacial score (nSPS) is 43.1. The van der Waals surface area contributed by atoms with Gasteiger partial charge in [-0.3, -0.25) is 0 Å². The molecule has 0 N–H and O–H groups in total. The molecule has 1 aromatic carbocycles. The van der Waals surface area contributed by atoms with Crippen molar-refractivity contribution in [1.82, 2.24) is 4.67 Å². The molecule has 0 bridgehead atoms. The van der Waals surface area contributed by atoms with Crippen LogP contribution in [-0.2, 0) is 4.52 Å². The van der Waals surface area contributed by atoms with Crippen molar-refractivity contribution >= 4 is 13.2 Å². The van der Waals surface area contributed by atoms with Crippen molar-refractivity contribution in [2.75, 3.05) is 6.61 Å². The Morgan fingerprint density at radius 1 is 1.22 bits per heavy atom. The number of hydrogen-bond donors (Lipinski definition) is 0. The van der Waals surface area contributed by atoms with E-state index in [1.54, 1.807) is 0 Å². The summed E-state index contributed by atoms with van der Waals surface area (Å²) in [6.45, 7) is 0.652. The predicted molar refractivity (Wildman–Crippen MR) is 70.3 cm³/mol. The highest BCUT2D eigenvalue weighted by Crippen LogP contribution is 2.66. The van der Waals surface area contributed by atoms with E-state index in [0.29, 0.717) is 18.7 Å². The zero-order valence-electron chi connectivity index (χ0n) is 10.4. The average Bonchev–Trinajstić information content (AvgIpc) is 3.03. The zero-order chi connectivity index (χ0) is 12.2. The van der Waals surface area contributed by atoms with Crippen LogP contribution in [0.2, 0.25) is 0 Å². The molecule has 1 saturated carbocycles. The monoisotopic (exact) mass is 263 g/mol. The second-order valence-electron chi connectivity index (χ2n) is 5.68.